The number of aliphatic hydroxyl groups excluding tert-OH is 1. The zero-order chi connectivity index (χ0) is 10.6. The van der Waals surface area contributed by atoms with Crippen molar-refractivity contribution in [3.8, 4) is 0 Å². The molecule has 0 radical (unpaired) electrons. The Balaban J connectivity index is 2.75. The summed E-state index contributed by atoms with van der Waals surface area (Å²) in [5, 5.41) is 9.79. The van der Waals surface area contributed by atoms with Crippen LogP contribution in [0.4, 0.5) is 4.39 Å². The van der Waals surface area contributed by atoms with Crippen LogP contribution >= 0.6 is 11.6 Å². The van der Waals surface area contributed by atoms with Crippen molar-refractivity contribution in [2.45, 2.75) is 18.9 Å². The summed E-state index contributed by atoms with van der Waals surface area (Å²) in [7, 11) is 0. The fourth-order valence-corrected chi connectivity index (χ4v) is 1.50. The molecule has 1 aromatic carbocycles. The van der Waals surface area contributed by atoms with E-state index in [2.05, 4.69) is 0 Å². The zero-order valence-electron chi connectivity index (χ0n) is 7.71. The minimum absolute atomic E-state index is 0.211. The van der Waals surface area contributed by atoms with Gasteiger partial charge in [0.15, 0.2) is 0 Å². The fourth-order valence-electron chi connectivity index (χ4n) is 1.26. The SMILES string of the molecule is NCCC(O)Cc1c(F)cccc1Cl. The molecule has 0 heterocycles. The molecule has 1 aromatic rings. The standard InChI is InChI=1S/C10H13ClFNO/c11-9-2-1-3-10(12)8(9)6-7(14)4-5-13/h1-3,7,14H,4-6,13H2. The van der Waals surface area contributed by atoms with Gasteiger partial charge < -0.3 is 10.8 Å². The van der Waals surface area contributed by atoms with Gasteiger partial charge in [0.1, 0.15) is 5.82 Å². The van der Waals surface area contributed by atoms with Gasteiger partial charge >= 0.3 is 0 Å². The molecule has 3 N–H and O–H groups in total. The van der Waals surface area contributed by atoms with Crippen molar-refractivity contribution in [3.63, 3.8) is 0 Å². The third kappa shape index (κ3) is 2.94. The van der Waals surface area contributed by atoms with E-state index in [-0.39, 0.29) is 12.2 Å². The molecule has 4 heteroatoms. The number of hydrogen-bond acceptors (Lipinski definition) is 2. The first-order chi connectivity index (χ1) is 6.65. The molecule has 0 aromatic heterocycles. The van der Waals surface area contributed by atoms with Crippen LogP contribution in [0.1, 0.15) is 12.0 Å². The van der Waals surface area contributed by atoms with Gasteiger partial charge in [-0.3, -0.25) is 0 Å². The van der Waals surface area contributed by atoms with E-state index in [4.69, 9.17) is 17.3 Å². The minimum Gasteiger partial charge on any atom is -0.393 e. The molecule has 78 valence electrons. The van der Waals surface area contributed by atoms with Gasteiger partial charge in [-0.2, -0.15) is 0 Å². The summed E-state index contributed by atoms with van der Waals surface area (Å²) in [6.45, 7) is 0.382. The first kappa shape index (κ1) is 11.4. The normalized spacial score (nSPS) is 12.9. The van der Waals surface area contributed by atoms with Gasteiger partial charge in [-0.15, -0.1) is 0 Å². The number of rotatable bonds is 4. The van der Waals surface area contributed by atoms with Gasteiger partial charge in [0.2, 0.25) is 0 Å². The predicted molar refractivity (Wildman–Crippen MR) is 54.8 cm³/mol. The highest BCUT2D eigenvalue weighted by molar-refractivity contribution is 6.31. The Morgan fingerprint density at radius 1 is 1.50 bits per heavy atom. The summed E-state index contributed by atoms with van der Waals surface area (Å²) in [4.78, 5) is 0. The number of aliphatic hydroxyl groups is 1. The third-order valence-corrected chi connectivity index (χ3v) is 2.36. The minimum atomic E-state index is -0.630. The number of halogens is 2. The lowest BCUT2D eigenvalue weighted by molar-refractivity contribution is 0.166. The van der Waals surface area contributed by atoms with Crippen LogP contribution < -0.4 is 5.73 Å². The number of nitrogens with two attached hydrogens (primary N) is 1. The Kier molecular flexibility index (Phi) is 4.32. The maximum Gasteiger partial charge on any atom is 0.127 e. The highest BCUT2D eigenvalue weighted by atomic mass is 35.5. The van der Waals surface area contributed by atoms with Crippen LogP contribution in [0.3, 0.4) is 0 Å². The van der Waals surface area contributed by atoms with Gasteiger partial charge in [0.25, 0.3) is 0 Å². The molecule has 0 aliphatic heterocycles. The van der Waals surface area contributed by atoms with Crippen molar-refractivity contribution in [1.29, 1.82) is 0 Å². The lowest BCUT2D eigenvalue weighted by Gasteiger charge is -2.11. The maximum atomic E-state index is 13.2. The predicted octanol–water partition coefficient (Wildman–Crippen LogP) is 1.73. The number of hydrogen-bond donors (Lipinski definition) is 2. The first-order valence-corrected chi connectivity index (χ1v) is 4.84. The highest BCUT2D eigenvalue weighted by Crippen LogP contribution is 2.20. The third-order valence-electron chi connectivity index (χ3n) is 2.00. The quantitative estimate of drug-likeness (QED) is 0.807. The summed E-state index contributed by atoms with van der Waals surface area (Å²) in [5.41, 5.74) is 5.63. The first-order valence-electron chi connectivity index (χ1n) is 4.46. The Hall–Kier alpha value is -0.640. The Bertz CT molecular complexity index is 286. The van der Waals surface area contributed by atoms with Crippen molar-refractivity contribution < 1.29 is 9.50 Å². The molecule has 0 saturated carbocycles. The van der Waals surface area contributed by atoms with Crippen molar-refractivity contribution in [2.24, 2.45) is 5.73 Å². The van der Waals surface area contributed by atoms with Crippen LogP contribution in [0.25, 0.3) is 0 Å². The van der Waals surface area contributed by atoms with E-state index in [1.54, 1.807) is 6.07 Å². The van der Waals surface area contributed by atoms with E-state index in [1.807, 2.05) is 0 Å². The van der Waals surface area contributed by atoms with E-state index in [1.165, 1.54) is 12.1 Å². The summed E-state index contributed by atoms with van der Waals surface area (Å²) in [5.74, 6) is -0.381. The van der Waals surface area contributed by atoms with Crippen molar-refractivity contribution >= 4 is 11.6 Å². The van der Waals surface area contributed by atoms with Gasteiger partial charge in [-0.25, -0.2) is 4.39 Å². The molecule has 0 saturated heterocycles. The van der Waals surface area contributed by atoms with E-state index in [0.717, 1.165) is 0 Å². The topological polar surface area (TPSA) is 46.2 Å². The van der Waals surface area contributed by atoms with Gasteiger partial charge in [0.05, 0.1) is 6.10 Å². The van der Waals surface area contributed by atoms with Crippen LogP contribution in [0.15, 0.2) is 18.2 Å². The molecule has 1 rings (SSSR count). The maximum absolute atomic E-state index is 13.2. The second-order valence-corrected chi connectivity index (χ2v) is 3.54. The van der Waals surface area contributed by atoms with Crippen molar-refractivity contribution in [3.05, 3.63) is 34.6 Å². The zero-order valence-corrected chi connectivity index (χ0v) is 8.47. The van der Waals surface area contributed by atoms with Crippen LogP contribution in [0.2, 0.25) is 5.02 Å². The molecule has 1 atom stereocenters. The van der Waals surface area contributed by atoms with Crippen LogP contribution in [0.5, 0.6) is 0 Å². The lowest BCUT2D eigenvalue weighted by atomic mass is 10.1. The van der Waals surface area contributed by atoms with E-state index in [0.29, 0.717) is 23.6 Å². The molecule has 0 fully saturated rings. The summed E-state index contributed by atoms with van der Waals surface area (Å²) >= 11 is 5.79. The molecule has 1 unspecified atom stereocenters. The largest absolute Gasteiger partial charge is 0.393 e. The Morgan fingerprint density at radius 3 is 2.79 bits per heavy atom. The van der Waals surface area contributed by atoms with Crippen molar-refractivity contribution in [2.75, 3.05) is 6.54 Å². The monoisotopic (exact) mass is 217 g/mol. The smallest absolute Gasteiger partial charge is 0.127 e. The second kappa shape index (κ2) is 5.29. The van der Waals surface area contributed by atoms with Crippen molar-refractivity contribution in [1.82, 2.24) is 0 Å². The molecule has 2 nitrogen and oxygen atoms in total. The fraction of sp³-hybridized carbons (Fsp3) is 0.400. The highest BCUT2D eigenvalue weighted by Gasteiger charge is 2.11. The van der Waals surface area contributed by atoms with Crippen LogP contribution in [-0.2, 0) is 6.42 Å². The molecule has 0 bridgehead atoms. The summed E-state index contributed by atoms with van der Waals surface area (Å²) < 4.78 is 13.2. The van der Waals surface area contributed by atoms with E-state index in [9.17, 15) is 9.50 Å². The van der Waals surface area contributed by atoms with E-state index >= 15 is 0 Å². The average molecular weight is 218 g/mol. The van der Waals surface area contributed by atoms with Crippen LogP contribution in [0, 0.1) is 5.82 Å². The molecule has 0 aliphatic carbocycles. The van der Waals surface area contributed by atoms with Crippen LogP contribution in [-0.4, -0.2) is 17.8 Å². The molecule has 0 aliphatic rings. The van der Waals surface area contributed by atoms with E-state index < -0.39 is 6.10 Å². The van der Waals surface area contributed by atoms with Gasteiger partial charge in [-0.05, 0) is 25.1 Å². The molecular formula is C10H13ClFNO. The lowest BCUT2D eigenvalue weighted by Crippen LogP contribution is -2.16. The second-order valence-electron chi connectivity index (χ2n) is 3.14. The summed E-state index contributed by atoms with van der Waals surface area (Å²) in [6, 6.07) is 4.47. The summed E-state index contributed by atoms with van der Waals surface area (Å²) in [6.07, 6.45) is 0.0299. The van der Waals surface area contributed by atoms with Gasteiger partial charge in [0, 0.05) is 17.0 Å². The Morgan fingerprint density at radius 2 is 2.21 bits per heavy atom. The Labute approximate surface area is 87.5 Å². The molecule has 14 heavy (non-hydrogen) atoms. The van der Waals surface area contributed by atoms with Gasteiger partial charge in [-0.1, -0.05) is 17.7 Å². The molecule has 0 spiro atoms. The number of benzene rings is 1. The molecular weight excluding hydrogens is 205 g/mol. The average Bonchev–Trinajstić information content (AvgIpc) is 2.12. The molecule has 0 amide bonds.